The number of allylic oxidation sites excluding steroid dienone is 5. The zero-order valence-electron chi connectivity index (χ0n) is 11.3. The molecule has 0 heterocycles. The van der Waals surface area contributed by atoms with Crippen molar-refractivity contribution in [1.29, 1.82) is 0 Å². The third kappa shape index (κ3) is 1.73. The lowest BCUT2D eigenvalue weighted by atomic mass is 9.64. The molecule has 1 heteroatoms. The monoisotopic (exact) mass is 230 g/mol. The van der Waals surface area contributed by atoms with Crippen LogP contribution in [-0.2, 0) is 4.74 Å². The zero-order chi connectivity index (χ0) is 12.5. The number of rotatable bonds is 3. The fourth-order valence-electron chi connectivity index (χ4n) is 3.14. The van der Waals surface area contributed by atoms with Gasteiger partial charge in [0.1, 0.15) is 5.60 Å². The highest BCUT2D eigenvalue weighted by atomic mass is 16.5. The minimum atomic E-state index is -0.206. The SMILES string of the molecule is COC1(C(C)(C)C2=CCC=C2)CC=CC=C1C. The first-order chi connectivity index (χ1) is 8.04. The number of methoxy groups -OCH3 is 1. The molecule has 2 rings (SSSR count). The molecule has 0 saturated heterocycles. The second-order valence-electron chi connectivity index (χ2n) is 5.44. The average molecular weight is 230 g/mol. The third-order valence-corrected chi connectivity index (χ3v) is 4.38. The van der Waals surface area contributed by atoms with Crippen LogP contribution < -0.4 is 0 Å². The lowest BCUT2D eigenvalue weighted by Gasteiger charge is -2.48. The van der Waals surface area contributed by atoms with Crippen LogP contribution in [0.2, 0.25) is 0 Å². The molecule has 92 valence electrons. The molecule has 1 atom stereocenters. The van der Waals surface area contributed by atoms with E-state index in [-0.39, 0.29) is 11.0 Å². The van der Waals surface area contributed by atoms with Crippen LogP contribution in [0.1, 0.15) is 33.6 Å². The van der Waals surface area contributed by atoms with Crippen molar-refractivity contribution in [3.8, 4) is 0 Å². The fourth-order valence-corrected chi connectivity index (χ4v) is 3.14. The first-order valence-corrected chi connectivity index (χ1v) is 6.31. The zero-order valence-corrected chi connectivity index (χ0v) is 11.3. The molecule has 0 aromatic rings. The number of ether oxygens (including phenoxy) is 1. The molecule has 17 heavy (non-hydrogen) atoms. The molecule has 0 spiro atoms. The molecule has 0 radical (unpaired) electrons. The van der Waals surface area contributed by atoms with Gasteiger partial charge in [0.15, 0.2) is 0 Å². The maximum absolute atomic E-state index is 5.97. The van der Waals surface area contributed by atoms with E-state index in [4.69, 9.17) is 4.74 Å². The number of hydrogen-bond acceptors (Lipinski definition) is 1. The van der Waals surface area contributed by atoms with Gasteiger partial charge in [0.2, 0.25) is 0 Å². The van der Waals surface area contributed by atoms with Crippen molar-refractivity contribution in [3.05, 3.63) is 47.6 Å². The van der Waals surface area contributed by atoms with Crippen LogP contribution in [0.4, 0.5) is 0 Å². The standard InChI is InChI=1S/C16H22O/c1-13-9-7-8-12-16(13,17-4)15(2,3)14-10-5-6-11-14/h5,7-11H,6,12H2,1-4H3. The molecule has 0 bridgehead atoms. The van der Waals surface area contributed by atoms with E-state index < -0.39 is 0 Å². The van der Waals surface area contributed by atoms with Crippen LogP contribution >= 0.6 is 0 Å². The van der Waals surface area contributed by atoms with Gasteiger partial charge in [-0.25, -0.2) is 0 Å². The predicted octanol–water partition coefficient (Wildman–Crippen LogP) is 4.19. The van der Waals surface area contributed by atoms with Gasteiger partial charge in [-0.15, -0.1) is 0 Å². The topological polar surface area (TPSA) is 9.23 Å². The average Bonchev–Trinajstić information content (AvgIpc) is 2.83. The second kappa shape index (κ2) is 4.30. The van der Waals surface area contributed by atoms with E-state index in [1.807, 2.05) is 7.11 Å². The molecule has 0 saturated carbocycles. The maximum Gasteiger partial charge on any atom is 0.101 e. The van der Waals surface area contributed by atoms with Crippen LogP contribution in [0, 0.1) is 5.41 Å². The van der Waals surface area contributed by atoms with E-state index in [0.29, 0.717) is 0 Å². The summed E-state index contributed by atoms with van der Waals surface area (Å²) in [5.74, 6) is 0. The summed E-state index contributed by atoms with van der Waals surface area (Å²) in [6, 6.07) is 0. The van der Waals surface area contributed by atoms with E-state index >= 15 is 0 Å². The molecule has 2 aliphatic carbocycles. The Morgan fingerprint density at radius 1 is 1.29 bits per heavy atom. The van der Waals surface area contributed by atoms with Crippen molar-refractivity contribution in [2.24, 2.45) is 5.41 Å². The van der Waals surface area contributed by atoms with Gasteiger partial charge in [0.25, 0.3) is 0 Å². The summed E-state index contributed by atoms with van der Waals surface area (Å²) in [5, 5.41) is 0. The molecule has 0 aliphatic heterocycles. The van der Waals surface area contributed by atoms with Crippen molar-refractivity contribution in [2.75, 3.05) is 7.11 Å². The van der Waals surface area contributed by atoms with E-state index in [9.17, 15) is 0 Å². The lowest BCUT2D eigenvalue weighted by molar-refractivity contribution is -0.0505. The summed E-state index contributed by atoms with van der Waals surface area (Å²) in [6.45, 7) is 6.75. The highest BCUT2D eigenvalue weighted by Gasteiger charge is 2.48. The van der Waals surface area contributed by atoms with Crippen molar-refractivity contribution in [3.63, 3.8) is 0 Å². The summed E-state index contributed by atoms with van der Waals surface area (Å²) in [6.07, 6.45) is 15.3. The van der Waals surface area contributed by atoms with Crippen molar-refractivity contribution in [2.45, 2.75) is 39.2 Å². The summed E-state index contributed by atoms with van der Waals surface area (Å²) in [5.41, 5.74) is 2.50. The molecular weight excluding hydrogens is 208 g/mol. The first kappa shape index (κ1) is 12.4. The predicted molar refractivity (Wildman–Crippen MR) is 72.9 cm³/mol. The van der Waals surface area contributed by atoms with Gasteiger partial charge in [-0.05, 0) is 30.9 Å². The maximum atomic E-state index is 5.97. The van der Waals surface area contributed by atoms with Gasteiger partial charge in [-0.1, -0.05) is 50.3 Å². The Hall–Kier alpha value is -1.08. The Kier molecular flexibility index (Phi) is 3.13. The largest absolute Gasteiger partial charge is 0.373 e. The Balaban J connectivity index is 2.45. The first-order valence-electron chi connectivity index (χ1n) is 6.31. The Morgan fingerprint density at radius 3 is 2.59 bits per heavy atom. The molecule has 1 nitrogen and oxygen atoms in total. The quantitative estimate of drug-likeness (QED) is 0.706. The molecule has 0 amide bonds. The number of hydrogen-bond donors (Lipinski definition) is 0. The van der Waals surface area contributed by atoms with E-state index in [1.54, 1.807) is 0 Å². The smallest absolute Gasteiger partial charge is 0.101 e. The molecule has 0 N–H and O–H groups in total. The lowest BCUT2D eigenvalue weighted by Crippen LogP contribution is -2.48. The van der Waals surface area contributed by atoms with Crippen LogP contribution in [0.25, 0.3) is 0 Å². The van der Waals surface area contributed by atoms with Crippen molar-refractivity contribution >= 4 is 0 Å². The van der Waals surface area contributed by atoms with Crippen LogP contribution in [0.3, 0.4) is 0 Å². The minimum absolute atomic E-state index is 0.0000926. The Morgan fingerprint density at radius 2 is 2.06 bits per heavy atom. The third-order valence-electron chi connectivity index (χ3n) is 4.38. The van der Waals surface area contributed by atoms with Crippen molar-refractivity contribution in [1.82, 2.24) is 0 Å². The molecular formula is C16H22O. The van der Waals surface area contributed by atoms with Crippen LogP contribution in [0.15, 0.2) is 47.6 Å². The summed E-state index contributed by atoms with van der Waals surface area (Å²) >= 11 is 0. The van der Waals surface area contributed by atoms with E-state index in [1.165, 1.54) is 11.1 Å². The molecule has 0 fully saturated rings. The minimum Gasteiger partial charge on any atom is -0.373 e. The Bertz CT molecular complexity index is 421. The molecule has 0 aromatic carbocycles. The fraction of sp³-hybridized carbons (Fsp3) is 0.500. The van der Waals surface area contributed by atoms with Gasteiger partial charge in [-0.2, -0.15) is 0 Å². The summed E-state index contributed by atoms with van der Waals surface area (Å²) < 4.78 is 5.97. The van der Waals surface area contributed by atoms with Crippen LogP contribution in [0.5, 0.6) is 0 Å². The molecule has 0 aromatic heterocycles. The van der Waals surface area contributed by atoms with Gasteiger partial charge >= 0.3 is 0 Å². The van der Waals surface area contributed by atoms with Gasteiger partial charge in [-0.3, -0.25) is 0 Å². The highest BCUT2D eigenvalue weighted by Crippen LogP contribution is 2.49. The highest BCUT2D eigenvalue weighted by molar-refractivity contribution is 5.41. The second-order valence-corrected chi connectivity index (χ2v) is 5.44. The molecule has 1 unspecified atom stereocenters. The van der Waals surface area contributed by atoms with E-state index in [0.717, 1.165) is 12.8 Å². The van der Waals surface area contributed by atoms with Gasteiger partial charge in [0.05, 0.1) is 0 Å². The van der Waals surface area contributed by atoms with E-state index in [2.05, 4.69) is 57.2 Å². The van der Waals surface area contributed by atoms with Gasteiger partial charge in [0, 0.05) is 12.5 Å². The summed E-state index contributed by atoms with van der Waals surface area (Å²) in [7, 11) is 1.83. The van der Waals surface area contributed by atoms with Crippen molar-refractivity contribution < 1.29 is 4.74 Å². The van der Waals surface area contributed by atoms with Gasteiger partial charge < -0.3 is 4.74 Å². The van der Waals surface area contributed by atoms with Crippen LogP contribution in [-0.4, -0.2) is 12.7 Å². The Labute approximate surface area is 105 Å². The molecule has 2 aliphatic rings. The summed E-state index contributed by atoms with van der Waals surface area (Å²) in [4.78, 5) is 0. The normalized spacial score (nSPS) is 28.2.